The van der Waals surface area contributed by atoms with E-state index in [-0.39, 0.29) is 42.7 Å². The number of alkyl halides is 3. The number of rotatable bonds is 7. The van der Waals surface area contributed by atoms with E-state index in [1.165, 1.54) is 6.07 Å². The summed E-state index contributed by atoms with van der Waals surface area (Å²) in [6.45, 7) is 4.87. The Labute approximate surface area is 194 Å². The average Bonchev–Trinajstić information content (AvgIpc) is 2.80. The van der Waals surface area contributed by atoms with Gasteiger partial charge in [-0.05, 0) is 49.8 Å². The molecule has 4 nitrogen and oxygen atoms in total. The van der Waals surface area contributed by atoms with Crippen LogP contribution in [0.1, 0.15) is 56.8 Å². The van der Waals surface area contributed by atoms with Crippen LogP contribution in [-0.4, -0.2) is 36.4 Å². The van der Waals surface area contributed by atoms with Crippen LogP contribution >= 0.6 is 0 Å². The van der Waals surface area contributed by atoms with E-state index < -0.39 is 11.7 Å². The third-order valence-corrected chi connectivity index (χ3v) is 7.10. The summed E-state index contributed by atoms with van der Waals surface area (Å²) in [5, 5.41) is 16.6. The number of halogens is 3. The number of anilines is 1. The fraction of sp³-hybridized carbons (Fsp3) is 0.615. The molecule has 7 heteroatoms. The average molecular weight is 465 g/mol. The Morgan fingerprint density at radius 2 is 2.03 bits per heavy atom. The number of fused-ring (bicyclic) bond motifs is 3. The molecule has 0 radical (unpaired) electrons. The Bertz CT molecular complexity index is 868. The van der Waals surface area contributed by atoms with Gasteiger partial charge in [-0.3, -0.25) is 0 Å². The second kappa shape index (κ2) is 10.2. The molecule has 0 saturated carbocycles. The normalized spacial score (nSPS) is 30.0. The molecule has 2 heterocycles. The van der Waals surface area contributed by atoms with Gasteiger partial charge < -0.3 is 20.5 Å². The van der Waals surface area contributed by atoms with E-state index in [0.29, 0.717) is 18.0 Å². The van der Waals surface area contributed by atoms with Gasteiger partial charge in [0.05, 0.1) is 24.4 Å². The maximum atomic E-state index is 13.5. The minimum absolute atomic E-state index is 0.00428. The first-order valence-corrected chi connectivity index (χ1v) is 12.1. The fourth-order valence-electron chi connectivity index (χ4n) is 5.50. The number of benzene rings is 1. The number of hydrogen-bond donors (Lipinski definition) is 3. The number of hydrogen-bond acceptors (Lipinski definition) is 4. The molecule has 1 aliphatic carbocycles. The molecule has 2 aliphatic heterocycles. The van der Waals surface area contributed by atoms with Crippen LogP contribution in [0, 0.1) is 17.8 Å². The lowest BCUT2D eigenvalue weighted by Crippen LogP contribution is -2.49. The summed E-state index contributed by atoms with van der Waals surface area (Å²) in [5.74, 6) is 0.838. The van der Waals surface area contributed by atoms with Crippen molar-refractivity contribution < 1.29 is 23.0 Å². The van der Waals surface area contributed by atoms with Crippen LogP contribution in [0.3, 0.4) is 0 Å². The van der Waals surface area contributed by atoms with Gasteiger partial charge in [0.1, 0.15) is 0 Å². The molecule has 2 unspecified atom stereocenters. The molecule has 33 heavy (non-hydrogen) atoms. The Morgan fingerprint density at radius 3 is 2.70 bits per heavy atom. The molecule has 0 aromatic heterocycles. The van der Waals surface area contributed by atoms with Gasteiger partial charge in [-0.2, -0.15) is 13.2 Å². The van der Waals surface area contributed by atoms with Crippen LogP contribution in [0.5, 0.6) is 0 Å². The maximum Gasteiger partial charge on any atom is 0.416 e. The molecule has 3 aliphatic rings. The molecule has 1 aromatic rings. The number of ether oxygens (including phenoxy) is 1. The predicted molar refractivity (Wildman–Crippen MR) is 124 cm³/mol. The van der Waals surface area contributed by atoms with Crippen molar-refractivity contribution in [2.75, 3.05) is 18.5 Å². The molecular weight excluding hydrogens is 429 g/mol. The Balaban J connectivity index is 1.56. The number of aliphatic hydroxyl groups excluding tert-OH is 1. The molecule has 0 bridgehead atoms. The van der Waals surface area contributed by atoms with Crippen molar-refractivity contribution in [3.63, 3.8) is 0 Å². The van der Waals surface area contributed by atoms with Gasteiger partial charge >= 0.3 is 6.18 Å². The highest BCUT2D eigenvalue weighted by Gasteiger charge is 2.45. The quantitative estimate of drug-likeness (QED) is 0.501. The van der Waals surface area contributed by atoms with E-state index in [0.717, 1.165) is 37.4 Å². The van der Waals surface area contributed by atoms with Gasteiger partial charge in [-0.1, -0.05) is 38.2 Å². The van der Waals surface area contributed by atoms with Crippen molar-refractivity contribution in [1.29, 1.82) is 0 Å². The molecule has 0 amide bonds. The van der Waals surface area contributed by atoms with Crippen LogP contribution < -0.4 is 10.6 Å². The number of nitrogens with one attached hydrogen (secondary N) is 2. The van der Waals surface area contributed by atoms with Crippen molar-refractivity contribution in [1.82, 2.24) is 5.32 Å². The molecule has 6 atom stereocenters. The van der Waals surface area contributed by atoms with Crippen LogP contribution in [0.25, 0.3) is 0 Å². The summed E-state index contributed by atoms with van der Waals surface area (Å²) in [7, 11) is 0. The fourth-order valence-corrected chi connectivity index (χ4v) is 5.50. The van der Waals surface area contributed by atoms with E-state index in [1.54, 1.807) is 6.07 Å². The van der Waals surface area contributed by atoms with E-state index >= 15 is 0 Å². The van der Waals surface area contributed by atoms with E-state index in [2.05, 4.69) is 36.6 Å². The van der Waals surface area contributed by atoms with Crippen molar-refractivity contribution in [3.05, 3.63) is 53.6 Å². The lowest BCUT2D eigenvalue weighted by atomic mass is 9.73. The summed E-state index contributed by atoms with van der Waals surface area (Å²) in [4.78, 5) is 0. The van der Waals surface area contributed by atoms with Gasteiger partial charge in [0, 0.05) is 41.7 Å². The Morgan fingerprint density at radius 1 is 1.21 bits per heavy atom. The van der Waals surface area contributed by atoms with Gasteiger partial charge in [0.15, 0.2) is 0 Å². The smallest absolute Gasteiger partial charge is 0.395 e. The molecular formula is C26H35F3N2O2. The first-order valence-electron chi connectivity index (χ1n) is 12.1. The molecule has 182 valence electrons. The van der Waals surface area contributed by atoms with Crippen molar-refractivity contribution in [2.24, 2.45) is 17.8 Å². The maximum absolute atomic E-state index is 13.5. The van der Waals surface area contributed by atoms with Gasteiger partial charge in [0.2, 0.25) is 0 Å². The first kappa shape index (κ1) is 24.3. The largest absolute Gasteiger partial charge is 0.416 e. The lowest BCUT2D eigenvalue weighted by molar-refractivity contribution is -0.138. The molecule has 1 aromatic carbocycles. The van der Waals surface area contributed by atoms with Crippen molar-refractivity contribution in [3.8, 4) is 0 Å². The summed E-state index contributed by atoms with van der Waals surface area (Å²) < 4.78 is 46.9. The topological polar surface area (TPSA) is 53.5 Å². The van der Waals surface area contributed by atoms with Crippen molar-refractivity contribution >= 4 is 5.69 Å². The van der Waals surface area contributed by atoms with Crippen LogP contribution in [0.2, 0.25) is 0 Å². The van der Waals surface area contributed by atoms with Crippen LogP contribution in [0.4, 0.5) is 18.9 Å². The monoisotopic (exact) mass is 464 g/mol. The molecule has 4 rings (SSSR count). The summed E-state index contributed by atoms with van der Waals surface area (Å²) >= 11 is 0. The lowest BCUT2D eigenvalue weighted by Gasteiger charge is -2.48. The molecule has 0 spiro atoms. The zero-order chi connectivity index (χ0) is 23.6. The van der Waals surface area contributed by atoms with Crippen LogP contribution in [-0.2, 0) is 10.9 Å². The Kier molecular flexibility index (Phi) is 7.51. The minimum atomic E-state index is -4.39. The van der Waals surface area contributed by atoms with E-state index in [1.807, 2.05) is 12.2 Å². The highest BCUT2D eigenvalue weighted by atomic mass is 19.4. The first-order chi connectivity index (χ1) is 15.8. The SMILES string of the molecule is CC(C)CC(CO)NC[C@H]1CC[C@@H]2[C@H](O1)c1cc(C(F)(F)F)ccc1N[C@H]2C1C=CC=CC1. The van der Waals surface area contributed by atoms with Crippen LogP contribution in [0.15, 0.2) is 42.5 Å². The molecule has 1 fully saturated rings. The predicted octanol–water partition coefficient (Wildman–Crippen LogP) is 5.46. The van der Waals surface area contributed by atoms with E-state index in [4.69, 9.17) is 4.74 Å². The number of allylic oxidation sites excluding steroid dienone is 3. The van der Waals surface area contributed by atoms with Gasteiger partial charge in [-0.15, -0.1) is 0 Å². The highest BCUT2D eigenvalue weighted by molar-refractivity contribution is 5.58. The zero-order valence-corrected chi connectivity index (χ0v) is 19.3. The molecule has 3 N–H and O–H groups in total. The molecule has 1 saturated heterocycles. The van der Waals surface area contributed by atoms with E-state index in [9.17, 15) is 18.3 Å². The third-order valence-electron chi connectivity index (χ3n) is 7.10. The van der Waals surface area contributed by atoms with Gasteiger partial charge in [0.25, 0.3) is 0 Å². The standard InChI is InChI=1S/C26H35F3N2O2/c1-16(2)12-19(15-32)30-14-20-9-10-21-24(17-6-4-3-5-7-17)31-23-11-8-18(26(27,28)29)13-22(23)25(21)33-20/h3-6,8,11,13,16-17,19-21,24-25,30-32H,7,9-10,12,14-15H2,1-2H3/t17?,19?,20-,21+,24+,25+/m1/s1. The minimum Gasteiger partial charge on any atom is -0.395 e. The van der Waals surface area contributed by atoms with Gasteiger partial charge in [-0.25, -0.2) is 0 Å². The Hall–Kier alpha value is -1.83. The second-order valence-electron chi connectivity index (χ2n) is 10.0. The second-order valence-corrected chi connectivity index (χ2v) is 10.0. The third kappa shape index (κ3) is 5.64. The summed E-state index contributed by atoms with van der Waals surface area (Å²) in [5.41, 5.74) is 0.702. The highest BCUT2D eigenvalue weighted by Crippen LogP contribution is 2.49. The van der Waals surface area contributed by atoms with Crippen molar-refractivity contribution in [2.45, 2.75) is 70.0 Å². The summed E-state index contributed by atoms with van der Waals surface area (Å²) in [6, 6.07) is 4.08. The zero-order valence-electron chi connectivity index (χ0n) is 19.3. The number of aliphatic hydroxyl groups is 1. The summed E-state index contributed by atoms with van der Waals surface area (Å²) in [6.07, 6.45) is 7.03.